The fourth-order valence-electron chi connectivity index (χ4n) is 11.0. The highest BCUT2D eigenvalue weighted by Crippen LogP contribution is 2.40. The van der Waals surface area contributed by atoms with Crippen molar-refractivity contribution in [3.05, 3.63) is 59.7 Å². The summed E-state index contributed by atoms with van der Waals surface area (Å²) >= 11 is 0. The molecular formula is C54H78F4N8O14S2. The summed E-state index contributed by atoms with van der Waals surface area (Å²) in [6.45, 7) is 12.2. The molecule has 6 amide bonds. The Morgan fingerprint density at radius 3 is 1.24 bits per heavy atom. The molecular weight excluding hydrogens is 1120 g/mol. The van der Waals surface area contributed by atoms with Crippen LogP contribution in [-0.4, -0.2) is 206 Å². The van der Waals surface area contributed by atoms with E-state index in [-0.39, 0.29) is 89.4 Å². The zero-order valence-corrected chi connectivity index (χ0v) is 50.1. The molecule has 0 bridgehead atoms. The molecule has 0 aliphatic carbocycles. The van der Waals surface area contributed by atoms with Gasteiger partial charge in [0, 0.05) is 76.3 Å². The number of likely N-dealkylation sites (N-methyl/N-ethyl adjacent to an activating group) is 2. The van der Waals surface area contributed by atoms with Gasteiger partial charge >= 0.3 is 12.2 Å². The third-order valence-corrected chi connectivity index (χ3v) is 17.8. The largest absolute Gasteiger partial charge is 0.493 e. The highest BCUT2D eigenvalue weighted by atomic mass is 32.2. The first-order valence-electron chi connectivity index (χ1n) is 27.2. The maximum Gasteiger partial charge on any atom is 0.410 e. The highest BCUT2D eigenvalue weighted by molar-refractivity contribution is 7.88. The maximum atomic E-state index is 15.1. The first kappa shape index (κ1) is 65.2. The highest BCUT2D eigenvalue weighted by Gasteiger charge is 2.55. The fourth-order valence-corrected chi connectivity index (χ4v) is 13.3. The summed E-state index contributed by atoms with van der Waals surface area (Å²) in [6, 6.07) is -2.23. The van der Waals surface area contributed by atoms with E-state index in [1.54, 1.807) is 41.5 Å². The molecule has 4 aliphatic rings. The molecule has 0 radical (unpaired) electrons. The van der Waals surface area contributed by atoms with Gasteiger partial charge < -0.3 is 39.4 Å². The van der Waals surface area contributed by atoms with Crippen LogP contribution in [0.1, 0.15) is 93.9 Å². The molecule has 10 atom stereocenters. The molecule has 2 aromatic rings. The van der Waals surface area contributed by atoms with Crippen LogP contribution >= 0.6 is 0 Å². The van der Waals surface area contributed by atoms with Crippen molar-refractivity contribution in [3.8, 4) is 11.5 Å². The topological polar surface area (TPSA) is 251 Å². The number of sulfonamides is 2. The Kier molecular flexibility index (Phi) is 20.6. The summed E-state index contributed by atoms with van der Waals surface area (Å²) in [5, 5.41) is 5.59. The number of halogens is 4. The zero-order valence-electron chi connectivity index (χ0n) is 48.4. The number of likely N-dealkylation sites (tertiary alicyclic amines) is 2. The lowest BCUT2D eigenvalue weighted by molar-refractivity contribution is -0.139. The number of amides is 6. The minimum absolute atomic E-state index is 0.0351. The molecule has 0 saturated carbocycles. The molecule has 22 nitrogen and oxygen atoms in total. The monoisotopic (exact) mass is 1200 g/mol. The van der Waals surface area contributed by atoms with E-state index in [1.807, 2.05) is 0 Å². The Morgan fingerprint density at radius 2 is 0.939 bits per heavy atom. The Hall–Kier alpha value is -6.00. The van der Waals surface area contributed by atoms with Crippen molar-refractivity contribution in [1.29, 1.82) is 0 Å². The Bertz CT molecular complexity index is 2740. The second-order valence-corrected chi connectivity index (χ2v) is 27.5. The smallest absolute Gasteiger partial charge is 0.410 e. The van der Waals surface area contributed by atoms with Gasteiger partial charge in [-0.3, -0.25) is 29.0 Å². The maximum absolute atomic E-state index is 15.1. The van der Waals surface area contributed by atoms with Gasteiger partial charge in [0.1, 0.15) is 46.9 Å². The number of hydrogen-bond acceptors (Lipinski definition) is 14. The van der Waals surface area contributed by atoms with Gasteiger partial charge in [-0.2, -0.15) is 8.61 Å². The lowest BCUT2D eigenvalue weighted by Crippen LogP contribution is -2.56. The Labute approximate surface area is 477 Å². The molecule has 28 heteroatoms. The molecule has 6 rings (SSSR count). The zero-order chi connectivity index (χ0) is 61.1. The number of carbonyl (C=O) groups is 6. The third-order valence-electron chi connectivity index (χ3n) is 15.3. The summed E-state index contributed by atoms with van der Waals surface area (Å²) in [6.07, 6.45) is 0.817. The van der Waals surface area contributed by atoms with Gasteiger partial charge in [0.15, 0.2) is 23.3 Å². The quantitative estimate of drug-likeness (QED) is 0.129. The van der Waals surface area contributed by atoms with Crippen LogP contribution < -0.4 is 20.1 Å². The van der Waals surface area contributed by atoms with E-state index in [4.69, 9.17) is 18.9 Å². The molecule has 0 aromatic heterocycles. The van der Waals surface area contributed by atoms with E-state index in [1.165, 1.54) is 58.5 Å². The molecule has 4 saturated heterocycles. The van der Waals surface area contributed by atoms with Crippen LogP contribution in [0, 0.1) is 35.1 Å². The molecule has 4 fully saturated rings. The number of nitrogens with one attached hydrogen (secondary N) is 2. The standard InChI is InChI=1S/C54H78F4N8O14S2/c1-31(61(9)51(71)79-53(3,4)5)47(67)59-41(49(69)63-23-21-43-45(63)33(27-65(43)81(11,73)74)29-77-35-17-19-37(55)39(57)25-35)15-13-14-16-42(60-48(68)32(2)62(10)52(72)80-54(6,7)8)50(70)64-24-22-44-46(64)34(28-66(44)82(12,75)76)30-78-36-18-20-38(56)40(58)26-36/h17-20,25-26,31-34,41-46H,13-16,21-24,27-30H2,1-12H3,(H,59,67)(H,60,68)/t31-,32-,33+,34+,41-,42?,43+,44+,45+,46+/m0/s1. The second kappa shape index (κ2) is 25.9. The SMILES string of the molecule is C[C@@H](C(=O)NC(CCCC[C@H](NC(=O)[C@H](C)N(C)C(=O)OC(C)(C)C)C(=O)N1CC[C@@H]2[C@H]1[C@@H](COc1ccc(F)c(F)c1)CN2S(C)(=O)=O)C(=O)N1CC[C@@H]2[C@H]1[C@@H](COc1ccc(F)c(F)c1)CN2S(C)(=O)=O)N(C)C(=O)OC(C)(C)C. The number of rotatable bonds is 21. The van der Waals surface area contributed by atoms with E-state index < -0.39 is 151 Å². The van der Waals surface area contributed by atoms with Crippen molar-refractivity contribution in [3.63, 3.8) is 0 Å². The average molecular weight is 1200 g/mol. The third kappa shape index (κ3) is 16.0. The summed E-state index contributed by atoms with van der Waals surface area (Å²) in [5.41, 5.74) is -1.84. The van der Waals surface area contributed by atoms with E-state index >= 15 is 9.59 Å². The molecule has 0 spiro atoms. The minimum atomic E-state index is -3.85. The Balaban J connectivity index is 1.28. The van der Waals surface area contributed by atoms with E-state index in [9.17, 15) is 53.6 Å². The van der Waals surface area contributed by atoms with Crippen LogP contribution in [0.2, 0.25) is 0 Å². The van der Waals surface area contributed by atoms with Crippen molar-refractivity contribution >= 4 is 55.9 Å². The number of benzene rings is 2. The van der Waals surface area contributed by atoms with E-state index in [0.717, 1.165) is 46.6 Å². The van der Waals surface area contributed by atoms with Crippen molar-refractivity contribution in [2.45, 2.75) is 153 Å². The van der Waals surface area contributed by atoms with Crippen LogP contribution in [0.25, 0.3) is 0 Å². The molecule has 1 unspecified atom stereocenters. The predicted molar refractivity (Wildman–Crippen MR) is 291 cm³/mol. The van der Waals surface area contributed by atoms with Gasteiger partial charge in [-0.1, -0.05) is 12.8 Å². The minimum Gasteiger partial charge on any atom is -0.493 e. The van der Waals surface area contributed by atoms with Crippen LogP contribution in [-0.2, 0) is 48.7 Å². The van der Waals surface area contributed by atoms with Gasteiger partial charge in [-0.15, -0.1) is 0 Å². The number of ether oxygens (including phenoxy) is 4. The summed E-state index contributed by atoms with van der Waals surface area (Å²) in [7, 11) is -5.01. The molecule has 82 heavy (non-hydrogen) atoms. The summed E-state index contributed by atoms with van der Waals surface area (Å²) < 4.78 is 134. The van der Waals surface area contributed by atoms with Crippen LogP contribution in [0.4, 0.5) is 27.2 Å². The molecule has 4 heterocycles. The fraction of sp³-hybridized carbons (Fsp3) is 0.667. The first-order chi connectivity index (χ1) is 38.0. The van der Waals surface area contributed by atoms with Gasteiger partial charge in [0.2, 0.25) is 43.7 Å². The number of fused-ring (bicyclic) bond motifs is 2. The van der Waals surface area contributed by atoms with Crippen molar-refractivity contribution in [2.75, 3.05) is 66.0 Å². The van der Waals surface area contributed by atoms with Crippen molar-refractivity contribution in [2.24, 2.45) is 11.8 Å². The normalized spacial score (nSPS) is 22.8. The number of nitrogens with zero attached hydrogens (tertiary/aromatic N) is 6. The van der Waals surface area contributed by atoms with E-state index in [0.29, 0.717) is 0 Å². The van der Waals surface area contributed by atoms with E-state index in [2.05, 4.69) is 10.6 Å². The number of hydrogen-bond donors (Lipinski definition) is 2. The van der Waals surface area contributed by atoms with Crippen LogP contribution in [0.3, 0.4) is 0 Å². The van der Waals surface area contributed by atoms with Gasteiger partial charge in [-0.05, 0) is 105 Å². The van der Waals surface area contributed by atoms with Crippen LogP contribution in [0.5, 0.6) is 11.5 Å². The van der Waals surface area contributed by atoms with Gasteiger partial charge in [0.05, 0.1) is 37.8 Å². The Morgan fingerprint density at radius 1 is 0.598 bits per heavy atom. The molecule has 4 aliphatic heterocycles. The molecule has 2 aromatic carbocycles. The van der Waals surface area contributed by atoms with Crippen molar-refractivity contribution in [1.82, 2.24) is 38.8 Å². The summed E-state index contributed by atoms with van der Waals surface area (Å²) in [4.78, 5) is 89.8. The second-order valence-electron chi connectivity index (χ2n) is 23.7. The lowest BCUT2D eigenvalue weighted by Gasteiger charge is -2.34. The predicted octanol–water partition coefficient (Wildman–Crippen LogP) is 4.46. The van der Waals surface area contributed by atoms with Crippen LogP contribution in [0.15, 0.2) is 36.4 Å². The first-order valence-corrected chi connectivity index (χ1v) is 30.9. The number of carbonyl (C=O) groups excluding carboxylic acids is 6. The molecule has 458 valence electrons. The van der Waals surface area contributed by atoms with Gasteiger partial charge in [-0.25, -0.2) is 44.0 Å². The molecule has 2 N–H and O–H groups in total. The average Bonchev–Trinajstić information content (AvgIpc) is 3.91. The summed E-state index contributed by atoms with van der Waals surface area (Å²) in [5.74, 6) is -8.72. The lowest BCUT2D eigenvalue weighted by atomic mass is 9.97. The van der Waals surface area contributed by atoms with Crippen molar-refractivity contribution < 1.29 is 82.1 Å². The number of unbranched alkanes of at least 4 members (excludes halogenated alkanes) is 1. The van der Waals surface area contributed by atoms with Gasteiger partial charge in [0.25, 0.3) is 0 Å².